The summed E-state index contributed by atoms with van der Waals surface area (Å²) in [7, 11) is 0. The van der Waals surface area contributed by atoms with Crippen molar-refractivity contribution in [1.29, 1.82) is 0 Å². The summed E-state index contributed by atoms with van der Waals surface area (Å²) in [6.07, 6.45) is 0.711. The number of hydrogen-bond acceptors (Lipinski definition) is 3. The minimum atomic E-state index is -0.458. The van der Waals surface area contributed by atoms with Gasteiger partial charge >= 0.3 is 6.03 Å². The molecule has 118 valence electrons. The summed E-state index contributed by atoms with van der Waals surface area (Å²) in [5.41, 5.74) is 1.09. The minimum absolute atomic E-state index is 0.0546. The Morgan fingerprint density at radius 2 is 2.32 bits per heavy atom. The molecule has 3 amide bonds. The lowest BCUT2D eigenvalue weighted by molar-refractivity contribution is -0.141. The second-order valence-corrected chi connectivity index (χ2v) is 6.19. The number of carbonyl (C=O) groups is 2. The van der Waals surface area contributed by atoms with Crippen LogP contribution < -0.4 is 10.6 Å². The van der Waals surface area contributed by atoms with Gasteiger partial charge in [0.2, 0.25) is 5.91 Å². The summed E-state index contributed by atoms with van der Waals surface area (Å²) >= 11 is 6.13. The Bertz CT molecular complexity index is 590. The maximum atomic E-state index is 12.4. The van der Waals surface area contributed by atoms with E-state index >= 15 is 0 Å². The first-order valence-corrected chi connectivity index (χ1v) is 7.59. The van der Waals surface area contributed by atoms with Gasteiger partial charge in [-0.15, -0.1) is 0 Å². The fraction of sp³-hybridized carbons (Fsp3) is 0.467. The quantitative estimate of drug-likeness (QED) is 0.827. The molecule has 1 unspecified atom stereocenters. The van der Waals surface area contributed by atoms with Crippen LogP contribution in [0.15, 0.2) is 18.2 Å². The smallest absolute Gasteiger partial charge is 0.321 e. The Balaban J connectivity index is 1.66. The normalized spacial score (nSPS) is 24.5. The van der Waals surface area contributed by atoms with Crippen LogP contribution in [0.5, 0.6) is 0 Å². The van der Waals surface area contributed by atoms with E-state index in [0.717, 1.165) is 5.56 Å². The molecular formula is C15H18ClN3O3. The molecule has 2 fully saturated rings. The molecule has 0 aromatic heterocycles. The number of morpholine rings is 1. The van der Waals surface area contributed by atoms with Crippen molar-refractivity contribution in [3.8, 4) is 0 Å². The highest BCUT2D eigenvalue weighted by Crippen LogP contribution is 2.29. The molecule has 0 bridgehead atoms. The van der Waals surface area contributed by atoms with Gasteiger partial charge in [-0.05, 0) is 25.0 Å². The van der Waals surface area contributed by atoms with Crippen molar-refractivity contribution in [1.82, 2.24) is 10.2 Å². The third-order valence-corrected chi connectivity index (χ3v) is 4.49. The van der Waals surface area contributed by atoms with Crippen LogP contribution >= 0.6 is 11.6 Å². The molecule has 3 rings (SSSR count). The van der Waals surface area contributed by atoms with Crippen molar-refractivity contribution in [3.05, 3.63) is 28.8 Å². The third kappa shape index (κ3) is 2.89. The molecular weight excluding hydrogens is 306 g/mol. The number of hydrogen-bond donors (Lipinski definition) is 2. The van der Waals surface area contributed by atoms with Gasteiger partial charge in [-0.25, -0.2) is 4.79 Å². The van der Waals surface area contributed by atoms with Crippen LogP contribution in [-0.2, 0) is 9.53 Å². The standard InChI is InChI=1S/C15H18ClN3O3/c1-10-3-2-4-11(16)13(10)18-14(21)19-6-5-15(9-19)8-17-12(20)7-22-15/h2-4H,5-9H2,1H3,(H,17,20)(H,18,21). The first kappa shape index (κ1) is 15.1. The minimum Gasteiger partial charge on any atom is -0.361 e. The van der Waals surface area contributed by atoms with E-state index in [-0.39, 0.29) is 18.5 Å². The predicted molar refractivity (Wildman–Crippen MR) is 83.1 cm³/mol. The molecule has 2 saturated heterocycles. The molecule has 7 heteroatoms. The van der Waals surface area contributed by atoms with Gasteiger partial charge in [0.15, 0.2) is 0 Å². The molecule has 1 spiro atoms. The number of anilines is 1. The zero-order chi connectivity index (χ0) is 15.7. The number of urea groups is 1. The van der Waals surface area contributed by atoms with Gasteiger partial charge in [0.1, 0.15) is 12.2 Å². The van der Waals surface area contributed by atoms with Gasteiger partial charge in [0.25, 0.3) is 0 Å². The van der Waals surface area contributed by atoms with E-state index in [2.05, 4.69) is 10.6 Å². The zero-order valence-corrected chi connectivity index (χ0v) is 13.1. The monoisotopic (exact) mass is 323 g/mol. The zero-order valence-electron chi connectivity index (χ0n) is 12.3. The van der Waals surface area contributed by atoms with Gasteiger partial charge in [-0.2, -0.15) is 0 Å². The van der Waals surface area contributed by atoms with Crippen LogP contribution in [0, 0.1) is 6.92 Å². The van der Waals surface area contributed by atoms with Crippen LogP contribution in [0.3, 0.4) is 0 Å². The summed E-state index contributed by atoms with van der Waals surface area (Å²) < 4.78 is 5.66. The molecule has 0 aliphatic carbocycles. The Kier molecular flexibility index (Phi) is 3.97. The number of aryl methyl sites for hydroxylation is 1. The Morgan fingerprint density at radius 1 is 1.50 bits per heavy atom. The van der Waals surface area contributed by atoms with Crippen molar-refractivity contribution in [2.24, 2.45) is 0 Å². The van der Waals surface area contributed by atoms with Crippen LogP contribution in [0.25, 0.3) is 0 Å². The third-order valence-electron chi connectivity index (χ3n) is 4.17. The highest BCUT2D eigenvalue weighted by Gasteiger charge is 2.43. The van der Waals surface area contributed by atoms with E-state index in [0.29, 0.717) is 36.8 Å². The lowest BCUT2D eigenvalue weighted by atomic mass is 10.0. The molecule has 6 nitrogen and oxygen atoms in total. The lowest BCUT2D eigenvalue weighted by Gasteiger charge is -2.33. The fourth-order valence-corrected chi connectivity index (χ4v) is 3.11. The second-order valence-electron chi connectivity index (χ2n) is 5.78. The van der Waals surface area contributed by atoms with E-state index in [9.17, 15) is 9.59 Å². The van der Waals surface area contributed by atoms with Crippen LogP contribution in [-0.4, -0.2) is 48.7 Å². The van der Waals surface area contributed by atoms with Crippen molar-refractivity contribution in [3.63, 3.8) is 0 Å². The number of ether oxygens (including phenoxy) is 1. The van der Waals surface area contributed by atoms with Gasteiger partial charge in [-0.1, -0.05) is 23.7 Å². The molecule has 1 aromatic rings. The highest BCUT2D eigenvalue weighted by molar-refractivity contribution is 6.33. The Morgan fingerprint density at radius 3 is 3.00 bits per heavy atom. The maximum Gasteiger partial charge on any atom is 0.321 e. The molecule has 0 saturated carbocycles. The fourth-order valence-electron chi connectivity index (χ4n) is 2.84. The van der Waals surface area contributed by atoms with Crippen molar-refractivity contribution < 1.29 is 14.3 Å². The number of carbonyl (C=O) groups excluding carboxylic acids is 2. The van der Waals surface area contributed by atoms with Crippen molar-refractivity contribution >= 4 is 29.2 Å². The average molecular weight is 324 g/mol. The lowest BCUT2D eigenvalue weighted by Crippen LogP contribution is -2.54. The number of halogens is 1. The van der Waals surface area contributed by atoms with Gasteiger partial charge in [0.05, 0.1) is 17.3 Å². The van der Waals surface area contributed by atoms with Crippen LogP contribution in [0.4, 0.5) is 10.5 Å². The van der Waals surface area contributed by atoms with Gasteiger partial charge < -0.3 is 20.3 Å². The highest BCUT2D eigenvalue weighted by atomic mass is 35.5. The van der Waals surface area contributed by atoms with Crippen molar-refractivity contribution in [2.45, 2.75) is 18.9 Å². The number of likely N-dealkylation sites (tertiary alicyclic amines) is 1. The number of nitrogens with one attached hydrogen (secondary N) is 2. The molecule has 2 heterocycles. The number of benzene rings is 1. The van der Waals surface area contributed by atoms with E-state index in [4.69, 9.17) is 16.3 Å². The molecule has 22 heavy (non-hydrogen) atoms. The summed E-state index contributed by atoms with van der Waals surface area (Å²) in [6.45, 7) is 3.44. The SMILES string of the molecule is Cc1cccc(Cl)c1NC(=O)N1CCC2(CNC(=O)CO2)C1. The summed E-state index contributed by atoms with van der Waals surface area (Å²) in [5, 5.41) is 6.18. The average Bonchev–Trinajstić information content (AvgIpc) is 2.91. The Hall–Kier alpha value is -1.79. The maximum absolute atomic E-state index is 12.4. The predicted octanol–water partition coefficient (Wildman–Crippen LogP) is 1.77. The van der Waals surface area contributed by atoms with Gasteiger partial charge in [-0.3, -0.25) is 4.79 Å². The summed E-state index contributed by atoms with van der Waals surface area (Å²) in [6, 6.07) is 5.28. The van der Waals surface area contributed by atoms with E-state index in [1.54, 1.807) is 11.0 Å². The topological polar surface area (TPSA) is 70.7 Å². The molecule has 1 atom stereocenters. The summed E-state index contributed by atoms with van der Waals surface area (Å²) in [4.78, 5) is 25.3. The molecule has 2 N–H and O–H groups in total. The van der Waals surface area contributed by atoms with Gasteiger partial charge in [0, 0.05) is 13.1 Å². The van der Waals surface area contributed by atoms with Crippen molar-refractivity contribution in [2.75, 3.05) is 31.6 Å². The van der Waals surface area contributed by atoms with E-state index in [1.807, 2.05) is 19.1 Å². The molecule has 1 aromatic carbocycles. The second kappa shape index (κ2) is 5.78. The number of rotatable bonds is 1. The van der Waals surface area contributed by atoms with Crippen LogP contribution in [0.2, 0.25) is 5.02 Å². The Labute approximate surface area is 133 Å². The first-order chi connectivity index (χ1) is 10.5. The van der Waals surface area contributed by atoms with E-state index < -0.39 is 5.60 Å². The number of nitrogens with zero attached hydrogens (tertiary/aromatic N) is 1. The number of amides is 3. The molecule has 2 aliphatic heterocycles. The molecule has 2 aliphatic rings. The number of para-hydroxylation sites is 1. The summed E-state index contributed by atoms with van der Waals surface area (Å²) in [5.74, 6) is -0.111. The first-order valence-electron chi connectivity index (χ1n) is 7.21. The molecule has 0 radical (unpaired) electrons. The largest absolute Gasteiger partial charge is 0.361 e. The van der Waals surface area contributed by atoms with Crippen LogP contribution in [0.1, 0.15) is 12.0 Å². The van der Waals surface area contributed by atoms with E-state index in [1.165, 1.54) is 0 Å².